The van der Waals surface area contributed by atoms with Crippen molar-refractivity contribution in [3.8, 4) is 23.0 Å². The number of nitrogens with zero attached hydrogens (tertiary/aromatic N) is 1. The van der Waals surface area contributed by atoms with Crippen LogP contribution in [-0.4, -0.2) is 96.8 Å². The maximum atomic E-state index is 12.2. The van der Waals surface area contributed by atoms with E-state index in [-0.39, 0.29) is 25.0 Å². The van der Waals surface area contributed by atoms with E-state index in [0.717, 1.165) is 18.2 Å². The molecule has 0 saturated heterocycles. The molecule has 0 radical (unpaired) electrons. The van der Waals surface area contributed by atoms with Gasteiger partial charge in [0, 0.05) is 44.1 Å². The summed E-state index contributed by atoms with van der Waals surface area (Å²) in [6, 6.07) is 6.85. The number of hydrogen-bond donors (Lipinski definition) is 3. The lowest BCUT2D eigenvalue weighted by atomic mass is 10.1. The van der Waals surface area contributed by atoms with Crippen LogP contribution in [0.15, 0.2) is 24.3 Å². The lowest BCUT2D eigenvalue weighted by Crippen LogP contribution is -2.30. The summed E-state index contributed by atoms with van der Waals surface area (Å²) in [5.41, 5.74) is -0.0170. The highest BCUT2D eigenvalue weighted by atomic mass is 32.2. The van der Waals surface area contributed by atoms with E-state index in [0.29, 0.717) is 89.3 Å². The fourth-order valence-electron chi connectivity index (χ4n) is 3.16. The Morgan fingerprint density at radius 2 is 1.79 bits per heavy atom. The Bertz CT molecular complexity index is 980. The zero-order valence-electron chi connectivity index (χ0n) is 25.1. The standard InChI is InChI=1S/C30H46N4O7S/c1-4-25(2)8-6-15-37-17-14-33-28(35)11-7-16-38-18-19-39-20-21-40-29(42-24-31)23-41-27-10-5-9-26(22-27)30(36)34-13-12-32-3/h5,9-10,22,25,29,32H,4,7,11-21,23H2,1-3H3,(H,33,35)(H,34,36). The number of carbonyl (C=O) groups is 2. The Labute approximate surface area is 254 Å². The van der Waals surface area contributed by atoms with Gasteiger partial charge < -0.3 is 39.6 Å². The number of nitriles is 1. The second kappa shape index (κ2) is 25.8. The molecule has 0 heterocycles. The number of nitrogens with one attached hydrogen (secondary N) is 3. The first-order valence-electron chi connectivity index (χ1n) is 14.3. The third-order valence-corrected chi connectivity index (χ3v) is 6.27. The maximum Gasteiger partial charge on any atom is 0.251 e. The Morgan fingerprint density at radius 3 is 2.55 bits per heavy atom. The summed E-state index contributed by atoms with van der Waals surface area (Å²) in [5, 5.41) is 19.7. The summed E-state index contributed by atoms with van der Waals surface area (Å²) in [7, 11) is 1.82. The molecule has 12 heteroatoms. The molecule has 0 saturated carbocycles. The number of benzene rings is 1. The van der Waals surface area contributed by atoms with Crippen LogP contribution in [0.2, 0.25) is 0 Å². The number of likely N-dealkylation sites (N-methyl/N-ethyl adjacent to an activating group) is 1. The predicted octanol–water partition coefficient (Wildman–Crippen LogP) is 2.57. The molecule has 11 nitrogen and oxygen atoms in total. The lowest BCUT2D eigenvalue weighted by Gasteiger charge is -2.16. The molecular weight excluding hydrogens is 560 g/mol. The minimum Gasteiger partial charge on any atom is -0.490 e. The van der Waals surface area contributed by atoms with Crippen molar-refractivity contribution in [1.29, 1.82) is 5.26 Å². The average Bonchev–Trinajstić information content (AvgIpc) is 3.00. The molecule has 1 rings (SSSR count). The predicted molar refractivity (Wildman–Crippen MR) is 163 cm³/mol. The number of thioether (sulfide) groups is 1. The topological polar surface area (TPSA) is 140 Å². The van der Waals surface area contributed by atoms with E-state index < -0.39 is 5.44 Å². The fourth-order valence-corrected chi connectivity index (χ4v) is 3.57. The molecule has 3 N–H and O–H groups in total. The first-order valence-corrected chi connectivity index (χ1v) is 15.2. The molecule has 2 amide bonds. The quantitative estimate of drug-likeness (QED) is 0.0696. The molecule has 42 heavy (non-hydrogen) atoms. The molecule has 0 aliphatic carbocycles. The maximum absolute atomic E-state index is 12.2. The second-order valence-electron chi connectivity index (χ2n) is 9.07. The van der Waals surface area contributed by atoms with Crippen molar-refractivity contribution < 1.29 is 33.3 Å². The van der Waals surface area contributed by atoms with Gasteiger partial charge in [0.2, 0.25) is 5.91 Å². The van der Waals surface area contributed by atoms with E-state index in [1.54, 1.807) is 24.3 Å². The Kier molecular flexibility index (Phi) is 22.9. The van der Waals surface area contributed by atoms with Crippen molar-refractivity contribution in [2.45, 2.75) is 38.5 Å². The summed E-state index contributed by atoms with van der Waals surface area (Å²) in [6.07, 6.45) is 2.03. The summed E-state index contributed by atoms with van der Waals surface area (Å²) >= 11 is 0.957. The van der Waals surface area contributed by atoms with E-state index in [4.69, 9.17) is 28.9 Å². The van der Waals surface area contributed by atoms with E-state index in [1.165, 1.54) is 0 Å². The van der Waals surface area contributed by atoms with Crippen LogP contribution in [0.25, 0.3) is 0 Å². The minimum absolute atomic E-state index is 0.0339. The highest BCUT2D eigenvalue weighted by Gasteiger charge is 2.12. The van der Waals surface area contributed by atoms with Gasteiger partial charge in [-0.2, -0.15) is 5.26 Å². The Balaban J connectivity index is 2.07. The SMILES string of the molecule is CCC(C)C#CCOCCNC(=O)CCCOCCOCCOC(COc1cccc(C(=O)NCCNC)c1)SC#N. The van der Waals surface area contributed by atoms with E-state index >= 15 is 0 Å². The molecule has 234 valence electrons. The van der Waals surface area contributed by atoms with Crippen LogP contribution in [0.1, 0.15) is 43.5 Å². The van der Waals surface area contributed by atoms with Crippen LogP contribution >= 0.6 is 11.8 Å². The molecule has 0 aliphatic rings. The smallest absolute Gasteiger partial charge is 0.251 e. The van der Waals surface area contributed by atoms with Gasteiger partial charge in [0.15, 0.2) is 5.44 Å². The molecule has 1 aromatic rings. The van der Waals surface area contributed by atoms with E-state index in [1.807, 2.05) is 12.4 Å². The Hall–Kier alpha value is -2.84. The number of thiocyanates is 1. The zero-order chi connectivity index (χ0) is 30.7. The zero-order valence-corrected chi connectivity index (χ0v) is 25.9. The monoisotopic (exact) mass is 606 g/mol. The number of carbonyl (C=O) groups excluding carboxylic acids is 2. The molecular formula is C30H46N4O7S. The van der Waals surface area contributed by atoms with Crippen LogP contribution in [0.3, 0.4) is 0 Å². The normalized spacial score (nSPS) is 12.0. The summed E-state index contributed by atoms with van der Waals surface area (Å²) in [6.45, 7) is 8.67. The summed E-state index contributed by atoms with van der Waals surface area (Å²) in [5.74, 6) is 6.75. The highest BCUT2D eigenvalue weighted by molar-refractivity contribution is 8.04. The van der Waals surface area contributed by atoms with Crippen LogP contribution in [0, 0.1) is 28.4 Å². The molecule has 0 aromatic heterocycles. The van der Waals surface area contributed by atoms with Crippen molar-refractivity contribution in [3.63, 3.8) is 0 Å². The number of hydrogen-bond acceptors (Lipinski definition) is 10. The Morgan fingerprint density at radius 1 is 1.00 bits per heavy atom. The lowest BCUT2D eigenvalue weighted by molar-refractivity contribution is -0.121. The van der Waals surface area contributed by atoms with Gasteiger partial charge in [-0.25, -0.2) is 0 Å². The van der Waals surface area contributed by atoms with Crippen molar-refractivity contribution in [3.05, 3.63) is 29.8 Å². The molecule has 0 aliphatic heterocycles. The van der Waals surface area contributed by atoms with Crippen molar-refractivity contribution >= 4 is 23.6 Å². The van der Waals surface area contributed by atoms with Crippen LogP contribution in [0.5, 0.6) is 5.75 Å². The van der Waals surface area contributed by atoms with Crippen molar-refractivity contribution in [1.82, 2.24) is 16.0 Å². The minimum atomic E-state index is -0.510. The largest absolute Gasteiger partial charge is 0.490 e. The van der Waals surface area contributed by atoms with Crippen LogP contribution in [0.4, 0.5) is 0 Å². The third kappa shape index (κ3) is 20.1. The van der Waals surface area contributed by atoms with Crippen molar-refractivity contribution in [2.75, 3.05) is 79.5 Å². The first-order chi connectivity index (χ1) is 20.5. The van der Waals surface area contributed by atoms with E-state index in [9.17, 15) is 9.59 Å². The molecule has 2 atom stereocenters. The fraction of sp³-hybridized carbons (Fsp3) is 0.633. The van der Waals surface area contributed by atoms with Gasteiger partial charge in [0.1, 0.15) is 24.4 Å². The van der Waals surface area contributed by atoms with Gasteiger partial charge in [-0.05, 0) is 49.9 Å². The summed E-state index contributed by atoms with van der Waals surface area (Å²) in [4.78, 5) is 24.1. The molecule has 1 aromatic carbocycles. The van der Waals surface area contributed by atoms with Crippen molar-refractivity contribution in [2.24, 2.45) is 5.92 Å². The van der Waals surface area contributed by atoms with Gasteiger partial charge in [-0.1, -0.05) is 31.8 Å². The van der Waals surface area contributed by atoms with Gasteiger partial charge in [-0.3, -0.25) is 9.59 Å². The van der Waals surface area contributed by atoms with Gasteiger partial charge >= 0.3 is 0 Å². The van der Waals surface area contributed by atoms with Gasteiger partial charge in [0.05, 0.1) is 33.0 Å². The summed E-state index contributed by atoms with van der Waals surface area (Å²) < 4.78 is 27.8. The number of ether oxygens (including phenoxy) is 5. The molecule has 2 unspecified atom stereocenters. The van der Waals surface area contributed by atoms with Gasteiger partial charge in [-0.15, -0.1) is 0 Å². The second-order valence-corrected chi connectivity index (χ2v) is 10.0. The first kappa shape index (κ1) is 37.2. The number of rotatable bonds is 24. The number of amides is 2. The van der Waals surface area contributed by atoms with Crippen LogP contribution in [-0.2, 0) is 23.7 Å². The van der Waals surface area contributed by atoms with Crippen LogP contribution < -0.4 is 20.7 Å². The average molecular weight is 607 g/mol. The van der Waals surface area contributed by atoms with E-state index in [2.05, 4.69) is 41.6 Å². The molecule has 0 spiro atoms. The molecule has 0 fully saturated rings. The third-order valence-electron chi connectivity index (χ3n) is 5.63. The highest BCUT2D eigenvalue weighted by Crippen LogP contribution is 2.17. The van der Waals surface area contributed by atoms with Gasteiger partial charge in [0.25, 0.3) is 5.91 Å². The molecule has 0 bridgehead atoms.